The maximum absolute atomic E-state index is 11.2. The molecule has 3 aliphatic heterocycles. The highest BCUT2D eigenvalue weighted by atomic mass is 16.6. The zero-order chi connectivity index (χ0) is 18.7. The van der Waals surface area contributed by atoms with Gasteiger partial charge in [-0.15, -0.1) is 0 Å². The first-order valence-corrected chi connectivity index (χ1v) is 8.21. The Kier molecular flexibility index (Phi) is 5.45. The maximum atomic E-state index is 11.2. The van der Waals surface area contributed by atoms with Gasteiger partial charge in [-0.25, -0.2) is 14.8 Å². The third-order valence-corrected chi connectivity index (χ3v) is 4.18. The number of rotatable bonds is 5. The summed E-state index contributed by atoms with van der Waals surface area (Å²) in [4.78, 5) is 25.2. The van der Waals surface area contributed by atoms with Crippen LogP contribution in [0.15, 0.2) is 39.3 Å². The average molecular weight is 363 g/mol. The summed E-state index contributed by atoms with van der Waals surface area (Å²) in [6, 6.07) is -0.435. The van der Waals surface area contributed by atoms with Crippen molar-refractivity contribution in [2.24, 2.45) is 20.7 Å². The van der Waals surface area contributed by atoms with E-state index in [1.165, 1.54) is 24.8 Å². The van der Waals surface area contributed by atoms with Gasteiger partial charge in [0.1, 0.15) is 36.5 Å². The fourth-order valence-corrected chi connectivity index (χ4v) is 2.89. The molecule has 0 radical (unpaired) electrons. The van der Waals surface area contributed by atoms with E-state index in [0.717, 1.165) is 0 Å². The first-order chi connectivity index (χ1) is 12.5. The molecule has 0 aromatic heterocycles. The van der Waals surface area contributed by atoms with E-state index in [2.05, 4.69) is 15.0 Å². The van der Waals surface area contributed by atoms with E-state index in [9.17, 15) is 15.0 Å². The van der Waals surface area contributed by atoms with Crippen LogP contribution in [0.4, 0.5) is 0 Å². The summed E-state index contributed by atoms with van der Waals surface area (Å²) in [5, 5.41) is 20.6. The van der Waals surface area contributed by atoms with Crippen molar-refractivity contribution >= 4 is 24.5 Å². The smallest absolute Gasteiger partial charge is 0.330 e. The topological polar surface area (TPSA) is 142 Å². The van der Waals surface area contributed by atoms with Gasteiger partial charge in [0, 0.05) is 6.08 Å². The number of carbonyl (C=O) groups is 1. The van der Waals surface area contributed by atoms with Crippen molar-refractivity contribution in [2.75, 3.05) is 6.61 Å². The minimum atomic E-state index is -1.17. The fraction of sp³-hybridized carbons (Fsp3) is 0.500. The Morgan fingerprint density at radius 1 is 1.38 bits per heavy atom. The van der Waals surface area contributed by atoms with E-state index >= 15 is 0 Å². The van der Waals surface area contributed by atoms with Gasteiger partial charge in [-0.05, 0) is 6.92 Å². The first kappa shape index (κ1) is 18.2. The predicted octanol–water partition coefficient (Wildman–Crippen LogP) is -1.45. The number of ether oxygens (including phenoxy) is 2. The van der Waals surface area contributed by atoms with Crippen LogP contribution < -0.4 is 5.73 Å². The van der Waals surface area contributed by atoms with Gasteiger partial charge in [0.15, 0.2) is 12.4 Å². The lowest BCUT2D eigenvalue weighted by Gasteiger charge is -2.31. The van der Waals surface area contributed by atoms with Gasteiger partial charge in [0.2, 0.25) is 0 Å². The number of esters is 1. The van der Waals surface area contributed by atoms with Crippen LogP contribution in [0.3, 0.4) is 0 Å². The molecule has 3 rings (SSSR count). The molecule has 140 valence electrons. The summed E-state index contributed by atoms with van der Waals surface area (Å²) in [5.41, 5.74) is 5.81. The Morgan fingerprint density at radius 3 is 2.96 bits per heavy atom. The second-order valence-electron chi connectivity index (χ2n) is 5.86. The summed E-state index contributed by atoms with van der Waals surface area (Å²) in [6.45, 7) is 2.01. The lowest BCUT2D eigenvalue weighted by Crippen LogP contribution is -2.51. The SMILES string of the molecule is CCOC(=O)/C=C/C=C/[C@H]1O[C@@H](N2C=NC3C(N)=NC=NC32)[C@H](O)[C@@H]1O. The second kappa shape index (κ2) is 7.77. The normalized spacial score (nSPS) is 36.1. The van der Waals surface area contributed by atoms with Crippen molar-refractivity contribution in [1.82, 2.24) is 4.90 Å². The second-order valence-corrected chi connectivity index (χ2v) is 5.86. The zero-order valence-corrected chi connectivity index (χ0v) is 14.1. The Bertz CT molecular complexity index is 689. The number of fused-ring (bicyclic) bond motifs is 1. The standard InChI is InChI=1S/C16H21N5O5/c1-2-25-10(22)6-4-3-5-9-12(23)13(24)16(26-9)21-8-20-11-14(17)18-7-19-15(11)21/h3-9,11-13,15-16,23-24H,2H2,1H3,(H2,17,18,19)/b5-3+,6-4+/t9-,11?,12-,13-,15?,16-/m1/s1. The van der Waals surface area contributed by atoms with Gasteiger partial charge in [0.05, 0.1) is 12.9 Å². The van der Waals surface area contributed by atoms with Crippen LogP contribution in [0.1, 0.15) is 6.92 Å². The Hall–Kier alpha value is -2.56. The molecule has 0 saturated carbocycles. The summed E-state index contributed by atoms with van der Waals surface area (Å²) in [6.07, 6.45) is 4.29. The molecule has 3 heterocycles. The van der Waals surface area contributed by atoms with E-state index in [1.807, 2.05) is 0 Å². The van der Waals surface area contributed by atoms with E-state index in [1.54, 1.807) is 24.0 Å². The number of nitrogens with two attached hydrogens (primary N) is 1. The van der Waals surface area contributed by atoms with Crippen LogP contribution in [-0.2, 0) is 14.3 Å². The number of aliphatic hydroxyl groups is 2. The van der Waals surface area contributed by atoms with Crippen LogP contribution >= 0.6 is 0 Å². The van der Waals surface area contributed by atoms with E-state index in [0.29, 0.717) is 12.4 Å². The lowest BCUT2D eigenvalue weighted by atomic mass is 10.1. The van der Waals surface area contributed by atoms with Crippen molar-refractivity contribution in [3.05, 3.63) is 24.3 Å². The molecule has 10 nitrogen and oxygen atoms in total. The summed E-state index contributed by atoms with van der Waals surface area (Å²) < 4.78 is 10.5. The van der Waals surface area contributed by atoms with Gasteiger partial charge >= 0.3 is 5.97 Å². The van der Waals surface area contributed by atoms with Gasteiger partial charge in [-0.3, -0.25) is 4.99 Å². The van der Waals surface area contributed by atoms with E-state index < -0.39 is 42.7 Å². The summed E-state index contributed by atoms with van der Waals surface area (Å²) in [5.74, 6) is -0.131. The van der Waals surface area contributed by atoms with Crippen LogP contribution in [0.2, 0.25) is 0 Å². The highest BCUT2D eigenvalue weighted by Crippen LogP contribution is 2.29. The molecule has 1 saturated heterocycles. The van der Waals surface area contributed by atoms with E-state index in [4.69, 9.17) is 15.2 Å². The maximum Gasteiger partial charge on any atom is 0.330 e. The molecule has 0 bridgehead atoms. The highest BCUT2D eigenvalue weighted by Gasteiger charge is 2.49. The molecule has 4 N–H and O–H groups in total. The molecule has 10 heteroatoms. The van der Waals surface area contributed by atoms with Gasteiger partial charge < -0.3 is 30.3 Å². The molecule has 2 unspecified atom stereocenters. The summed E-state index contributed by atoms with van der Waals surface area (Å²) in [7, 11) is 0. The van der Waals surface area contributed by atoms with Crippen molar-refractivity contribution in [3.63, 3.8) is 0 Å². The molecule has 26 heavy (non-hydrogen) atoms. The minimum absolute atomic E-state index is 0.294. The fourth-order valence-electron chi connectivity index (χ4n) is 2.89. The molecule has 0 amide bonds. The number of amidine groups is 1. The number of carbonyl (C=O) groups excluding carboxylic acids is 1. The number of hydrogen-bond acceptors (Lipinski definition) is 10. The number of nitrogens with zero attached hydrogens (tertiary/aromatic N) is 4. The van der Waals surface area contributed by atoms with Gasteiger partial charge in [0.25, 0.3) is 0 Å². The Morgan fingerprint density at radius 2 is 2.19 bits per heavy atom. The molecule has 1 fully saturated rings. The van der Waals surface area contributed by atoms with Crippen molar-refractivity contribution in [1.29, 1.82) is 0 Å². The summed E-state index contributed by atoms with van der Waals surface area (Å²) >= 11 is 0. The number of allylic oxidation sites excluding steroid dienone is 2. The number of hydrogen-bond donors (Lipinski definition) is 3. The minimum Gasteiger partial charge on any atom is -0.463 e. The van der Waals surface area contributed by atoms with Crippen molar-refractivity contribution < 1.29 is 24.5 Å². The van der Waals surface area contributed by atoms with Gasteiger partial charge in [-0.1, -0.05) is 18.2 Å². The predicted molar refractivity (Wildman–Crippen MR) is 93.6 cm³/mol. The quantitative estimate of drug-likeness (QED) is 0.308. The van der Waals surface area contributed by atoms with Crippen LogP contribution in [0, 0.1) is 0 Å². The van der Waals surface area contributed by atoms with E-state index in [-0.39, 0.29) is 0 Å². The monoisotopic (exact) mass is 363 g/mol. The molecule has 0 aromatic carbocycles. The van der Waals surface area contributed by atoms with Crippen molar-refractivity contribution in [2.45, 2.75) is 43.7 Å². The lowest BCUT2D eigenvalue weighted by molar-refractivity contribution is -0.137. The number of aliphatic hydroxyl groups excluding tert-OH is 2. The zero-order valence-electron chi connectivity index (χ0n) is 14.1. The molecule has 3 aliphatic rings. The molecular weight excluding hydrogens is 342 g/mol. The Balaban J connectivity index is 1.63. The first-order valence-electron chi connectivity index (χ1n) is 8.21. The third-order valence-electron chi connectivity index (χ3n) is 4.18. The molecular formula is C16H21N5O5. The molecule has 0 aromatic rings. The molecule has 0 aliphatic carbocycles. The van der Waals surface area contributed by atoms with Gasteiger partial charge in [-0.2, -0.15) is 0 Å². The van der Waals surface area contributed by atoms with Crippen LogP contribution in [0.5, 0.6) is 0 Å². The molecule has 0 spiro atoms. The average Bonchev–Trinajstić information content (AvgIpc) is 3.16. The van der Waals surface area contributed by atoms with Crippen LogP contribution in [0.25, 0.3) is 0 Å². The highest BCUT2D eigenvalue weighted by molar-refractivity contribution is 5.96. The molecule has 6 atom stereocenters. The largest absolute Gasteiger partial charge is 0.463 e. The third kappa shape index (κ3) is 3.52. The Labute approximate surface area is 150 Å². The van der Waals surface area contributed by atoms with Crippen LogP contribution in [-0.4, -0.2) is 82.9 Å². The van der Waals surface area contributed by atoms with Crippen molar-refractivity contribution in [3.8, 4) is 0 Å². The number of aliphatic imine (C=N–C) groups is 3.